The topological polar surface area (TPSA) is 4.93 Å². The molecule has 0 amide bonds. The quantitative estimate of drug-likeness (QED) is 0.531. The van der Waals surface area contributed by atoms with Crippen molar-refractivity contribution >= 4 is 28.3 Å². The van der Waals surface area contributed by atoms with E-state index >= 15 is 0 Å². The van der Waals surface area contributed by atoms with Crippen molar-refractivity contribution in [2.24, 2.45) is 0 Å². The highest BCUT2D eigenvalue weighted by Gasteiger charge is 1.91. The van der Waals surface area contributed by atoms with Crippen LogP contribution >= 0.6 is 24.0 Å². The molecule has 1 aromatic heterocycles. The second-order valence-electron chi connectivity index (χ2n) is 1.56. The normalized spacial score (nSPS) is 9.44. The van der Waals surface area contributed by atoms with Gasteiger partial charge in [0.2, 0.25) is 0 Å². The van der Waals surface area contributed by atoms with E-state index in [0.717, 1.165) is 4.32 Å². The fourth-order valence-electron chi connectivity index (χ4n) is 0.562. The molecule has 1 aromatic rings. The Morgan fingerprint density at radius 3 is 2.44 bits per heavy atom. The lowest BCUT2D eigenvalue weighted by atomic mass is 10.7. The van der Waals surface area contributed by atoms with Crippen LogP contribution in [0, 0.1) is 0 Å². The molecule has 0 aliphatic rings. The van der Waals surface area contributed by atoms with Gasteiger partial charge in [0.25, 0.3) is 0 Å². The van der Waals surface area contributed by atoms with Crippen molar-refractivity contribution in [2.45, 2.75) is 0 Å². The first-order chi connectivity index (χ1) is 4.34. The predicted octanol–water partition coefficient (Wildman–Crippen LogP) is 1.98. The molecule has 1 rings (SSSR count). The molecule has 3 heteroatoms. The molecule has 0 aliphatic heterocycles. The number of thiocarbonyl (C=S) groups is 1. The molecule has 0 spiro atoms. The van der Waals surface area contributed by atoms with Crippen LogP contribution in [-0.2, 0) is 0 Å². The van der Waals surface area contributed by atoms with E-state index in [9.17, 15) is 0 Å². The van der Waals surface area contributed by atoms with Crippen molar-refractivity contribution in [3.63, 3.8) is 0 Å². The third-order valence-corrected chi connectivity index (χ3v) is 2.26. The fourth-order valence-corrected chi connectivity index (χ4v) is 1.02. The van der Waals surface area contributed by atoms with Crippen molar-refractivity contribution in [3.05, 3.63) is 24.5 Å². The fraction of sp³-hybridized carbons (Fsp3) is 0.167. The molecule has 0 radical (unpaired) electrons. The van der Waals surface area contributed by atoms with Crippen LogP contribution in [-0.4, -0.2) is 15.1 Å². The summed E-state index contributed by atoms with van der Waals surface area (Å²) in [6.07, 6.45) is 5.86. The molecule has 48 valence electrons. The Hall–Kier alpha value is -0.280. The third-order valence-electron chi connectivity index (χ3n) is 0.990. The zero-order valence-corrected chi connectivity index (χ0v) is 6.71. The van der Waals surface area contributed by atoms with E-state index < -0.39 is 0 Å². The van der Waals surface area contributed by atoms with E-state index in [2.05, 4.69) is 0 Å². The van der Waals surface area contributed by atoms with Crippen LogP contribution in [0.2, 0.25) is 0 Å². The summed E-state index contributed by atoms with van der Waals surface area (Å²) in [5.41, 5.74) is 0. The Bertz CT molecular complexity index is 191. The molecular weight excluding hydrogens is 150 g/mol. The van der Waals surface area contributed by atoms with Crippen molar-refractivity contribution < 1.29 is 0 Å². The summed E-state index contributed by atoms with van der Waals surface area (Å²) in [5, 5.41) is 0. The van der Waals surface area contributed by atoms with E-state index in [-0.39, 0.29) is 0 Å². The average Bonchev–Trinajstić information content (AvgIpc) is 2.37. The van der Waals surface area contributed by atoms with E-state index in [1.54, 1.807) is 11.8 Å². The van der Waals surface area contributed by atoms with Crippen LogP contribution in [0.4, 0.5) is 0 Å². The highest BCUT2D eigenvalue weighted by Crippen LogP contribution is 2.01. The maximum atomic E-state index is 5.00. The molecule has 0 saturated heterocycles. The Morgan fingerprint density at radius 2 is 2.00 bits per heavy atom. The Labute approximate surface area is 64.1 Å². The van der Waals surface area contributed by atoms with Crippen LogP contribution in [0.1, 0.15) is 0 Å². The molecule has 0 saturated carbocycles. The number of rotatable bonds is 0. The number of aromatic nitrogens is 1. The second-order valence-corrected chi connectivity index (χ2v) is 3.00. The molecule has 0 fully saturated rings. The Morgan fingerprint density at radius 1 is 1.44 bits per heavy atom. The number of thioether (sulfide) groups is 1. The van der Waals surface area contributed by atoms with Gasteiger partial charge in [-0.15, -0.1) is 0 Å². The van der Waals surface area contributed by atoms with Gasteiger partial charge >= 0.3 is 0 Å². The van der Waals surface area contributed by atoms with Gasteiger partial charge in [-0.3, -0.25) is 0 Å². The minimum Gasteiger partial charge on any atom is -0.310 e. The second kappa shape index (κ2) is 3.03. The summed E-state index contributed by atoms with van der Waals surface area (Å²) >= 11 is 6.58. The van der Waals surface area contributed by atoms with Crippen LogP contribution in [0.25, 0.3) is 0 Å². The van der Waals surface area contributed by atoms with Gasteiger partial charge in [0.15, 0.2) is 0 Å². The van der Waals surface area contributed by atoms with Crippen LogP contribution in [0.3, 0.4) is 0 Å². The minimum atomic E-state index is 0.889. The van der Waals surface area contributed by atoms with Crippen LogP contribution in [0.15, 0.2) is 24.5 Å². The summed E-state index contributed by atoms with van der Waals surface area (Å²) in [7, 11) is 0. The van der Waals surface area contributed by atoms with Gasteiger partial charge in [0, 0.05) is 12.4 Å². The molecule has 0 bridgehead atoms. The van der Waals surface area contributed by atoms with E-state index in [0.29, 0.717) is 0 Å². The van der Waals surface area contributed by atoms with Gasteiger partial charge in [0.05, 0.1) is 0 Å². The summed E-state index contributed by atoms with van der Waals surface area (Å²) < 4.78 is 2.81. The van der Waals surface area contributed by atoms with Crippen molar-refractivity contribution in [2.75, 3.05) is 6.26 Å². The van der Waals surface area contributed by atoms with Crippen LogP contribution in [0.5, 0.6) is 0 Å². The largest absolute Gasteiger partial charge is 0.310 e. The lowest BCUT2D eigenvalue weighted by molar-refractivity contribution is 1.22. The molecular formula is C6H7NS2. The van der Waals surface area contributed by atoms with Crippen molar-refractivity contribution in [1.29, 1.82) is 0 Å². The predicted molar refractivity (Wildman–Crippen MR) is 45.9 cm³/mol. The first-order valence-corrected chi connectivity index (χ1v) is 4.19. The van der Waals surface area contributed by atoms with Gasteiger partial charge in [-0.25, -0.2) is 0 Å². The zero-order valence-electron chi connectivity index (χ0n) is 5.07. The molecule has 1 heterocycles. The summed E-state index contributed by atoms with van der Waals surface area (Å²) in [6.45, 7) is 0. The van der Waals surface area contributed by atoms with Gasteiger partial charge in [0.1, 0.15) is 4.32 Å². The molecule has 0 N–H and O–H groups in total. The standard InChI is InChI=1S/C6H7NS2/c1-9-6(8)7-4-2-3-5-7/h2-5H,1H3. The van der Waals surface area contributed by atoms with Gasteiger partial charge in [-0.05, 0) is 18.4 Å². The number of hydrogen-bond acceptors (Lipinski definition) is 2. The minimum absolute atomic E-state index is 0.889. The van der Waals surface area contributed by atoms with Gasteiger partial charge < -0.3 is 4.57 Å². The molecule has 1 nitrogen and oxygen atoms in total. The van der Waals surface area contributed by atoms with E-state index in [1.165, 1.54) is 0 Å². The summed E-state index contributed by atoms with van der Waals surface area (Å²) in [6, 6.07) is 3.92. The molecule has 0 aromatic carbocycles. The van der Waals surface area contributed by atoms with E-state index in [4.69, 9.17) is 12.2 Å². The smallest absolute Gasteiger partial charge is 0.144 e. The van der Waals surface area contributed by atoms with Crippen molar-refractivity contribution in [3.8, 4) is 0 Å². The molecule has 0 aliphatic carbocycles. The molecule has 9 heavy (non-hydrogen) atoms. The summed E-state index contributed by atoms with van der Waals surface area (Å²) in [4.78, 5) is 0. The van der Waals surface area contributed by atoms with E-state index in [1.807, 2.05) is 35.3 Å². The number of hydrogen-bond donors (Lipinski definition) is 0. The third kappa shape index (κ3) is 1.56. The maximum absolute atomic E-state index is 5.00. The van der Waals surface area contributed by atoms with Crippen molar-refractivity contribution in [1.82, 2.24) is 4.57 Å². The first-order valence-electron chi connectivity index (χ1n) is 2.56. The van der Waals surface area contributed by atoms with Crippen LogP contribution < -0.4 is 0 Å². The lowest BCUT2D eigenvalue weighted by Crippen LogP contribution is -1.98. The van der Waals surface area contributed by atoms with Gasteiger partial charge in [-0.2, -0.15) is 0 Å². The average molecular weight is 157 g/mol. The maximum Gasteiger partial charge on any atom is 0.144 e. The number of nitrogens with zero attached hydrogens (tertiary/aromatic N) is 1. The zero-order chi connectivity index (χ0) is 6.69. The molecule has 0 unspecified atom stereocenters. The first kappa shape index (κ1) is 6.83. The Balaban J connectivity index is 2.77. The molecule has 0 atom stereocenters. The lowest BCUT2D eigenvalue weighted by Gasteiger charge is -1.97. The summed E-state index contributed by atoms with van der Waals surface area (Å²) in [5.74, 6) is 0. The van der Waals surface area contributed by atoms with Gasteiger partial charge in [-0.1, -0.05) is 24.0 Å². The Kier molecular flexibility index (Phi) is 2.30. The highest BCUT2D eigenvalue weighted by atomic mass is 32.2. The SMILES string of the molecule is CSC(=S)n1cccc1. The highest BCUT2D eigenvalue weighted by molar-refractivity contribution is 8.22. The monoisotopic (exact) mass is 157 g/mol.